The lowest BCUT2D eigenvalue weighted by molar-refractivity contribution is -0.146. The number of rotatable bonds is 20. The highest BCUT2D eigenvalue weighted by atomic mass is 16.5. The summed E-state index contributed by atoms with van der Waals surface area (Å²) >= 11 is 0. The summed E-state index contributed by atoms with van der Waals surface area (Å²) in [6.45, 7) is 3.29. The minimum absolute atomic E-state index is 0.181. The van der Waals surface area contributed by atoms with E-state index in [1.54, 1.807) is 0 Å². The Bertz CT molecular complexity index is 497. The lowest BCUT2D eigenvalue weighted by Crippen LogP contribution is -2.11. The first-order valence-electron chi connectivity index (χ1n) is 11.7. The van der Waals surface area contributed by atoms with Crippen LogP contribution in [0.1, 0.15) is 90.4 Å². The Morgan fingerprint density at radius 2 is 1.17 bits per heavy atom. The Morgan fingerprint density at radius 1 is 0.667 bits per heavy atom. The molecule has 0 rings (SSSR count). The van der Waals surface area contributed by atoms with Gasteiger partial charge >= 0.3 is 11.9 Å². The average molecular weight is 422 g/mol. The topological polar surface area (TPSA) is 78.6 Å². The van der Waals surface area contributed by atoms with Crippen molar-refractivity contribution in [3.63, 3.8) is 0 Å². The largest absolute Gasteiger partial charge is 0.466 e. The van der Waals surface area contributed by atoms with Gasteiger partial charge in [0.1, 0.15) is 0 Å². The molecule has 2 N–H and O–H groups in total. The molecule has 0 aliphatic heterocycles. The first-order chi connectivity index (χ1) is 14.7. The van der Waals surface area contributed by atoms with Gasteiger partial charge in [0.15, 0.2) is 0 Å². The van der Waals surface area contributed by atoms with Crippen LogP contribution in [0.4, 0.5) is 0 Å². The van der Waals surface area contributed by atoms with E-state index in [-0.39, 0.29) is 18.5 Å². The van der Waals surface area contributed by atoms with Crippen LogP contribution in [0.2, 0.25) is 0 Å². The van der Waals surface area contributed by atoms with Gasteiger partial charge in [-0.05, 0) is 57.9 Å². The van der Waals surface area contributed by atoms with Crippen molar-refractivity contribution in [1.82, 2.24) is 0 Å². The van der Waals surface area contributed by atoms with Crippen LogP contribution >= 0.6 is 0 Å². The first kappa shape index (κ1) is 28.1. The fourth-order valence-corrected chi connectivity index (χ4v) is 2.64. The van der Waals surface area contributed by atoms with Crippen molar-refractivity contribution in [2.24, 2.45) is 5.73 Å². The molecule has 30 heavy (non-hydrogen) atoms. The monoisotopic (exact) mass is 421 g/mol. The number of nitrogens with two attached hydrogens (primary N) is 1. The van der Waals surface area contributed by atoms with Gasteiger partial charge in [0.2, 0.25) is 0 Å². The molecule has 5 heteroatoms. The van der Waals surface area contributed by atoms with Crippen LogP contribution in [0.5, 0.6) is 0 Å². The number of esters is 2. The Morgan fingerprint density at radius 3 is 1.70 bits per heavy atom. The van der Waals surface area contributed by atoms with Crippen molar-refractivity contribution in [3.8, 4) is 0 Å². The van der Waals surface area contributed by atoms with E-state index in [0.29, 0.717) is 38.8 Å². The maximum atomic E-state index is 11.6. The van der Waals surface area contributed by atoms with Gasteiger partial charge in [-0.25, -0.2) is 0 Å². The fraction of sp³-hybridized carbons (Fsp3) is 0.680. The van der Waals surface area contributed by atoms with Crippen molar-refractivity contribution in [1.29, 1.82) is 0 Å². The number of ether oxygens (including phenoxy) is 2. The Labute approximate surface area is 183 Å². The molecule has 0 atom stereocenters. The molecule has 5 nitrogen and oxygen atoms in total. The van der Waals surface area contributed by atoms with E-state index in [9.17, 15) is 9.59 Å². The van der Waals surface area contributed by atoms with Crippen LogP contribution in [0.3, 0.4) is 0 Å². The number of allylic oxidation sites excluding steroid dienone is 6. The zero-order chi connectivity index (χ0) is 22.1. The van der Waals surface area contributed by atoms with Crippen LogP contribution in [0.15, 0.2) is 36.5 Å². The lowest BCUT2D eigenvalue weighted by Gasteiger charge is -2.06. The molecule has 0 amide bonds. The molecule has 0 spiro atoms. The highest BCUT2D eigenvalue weighted by Gasteiger charge is 2.04. The maximum absolute atomic E-state index is 11.6. The van der Waals surface area contributed by atoms with Crippen molar-refractivity contribution in [2.45, 2.75) is 90.4 Å². The molecule has 172 valence electrons. The Hall–Kier alpha value is -1.88. The minimum Gasteiger partial charge on any atom is -0.466 e. The standard InChI is InChI=1S/C25H43NO4/c1-2-3-4-5-6-7-8-9-10-11-12-13-14-15-16-19-24(27)29-22-18-23-30-25(28)20-17-21-26/h6-7,9-10,12-13H,2-5,8,11,14-23,26H2,1H3/b7-6-,10-9-,13-12-. The molecule has 0 unspecified atom stereocenters. The van der Waals surface area contributed by atoms with E-state index in [0.717, 1.165) is 32.1 Å². The van der Waals surface area contributed by atoms with Crippen LogP contribution in [-0.2, 0) is 19.1 Å². The quantitative estimate of drug-likeness (QED) is 0.153. The van der Waals surface area contributed by atoms with Gasteiger partial charge in [-0.2, -0.15) is 0 Å². The highest BCUT2D eigenvalue weighted by molar-refractivity contribution is 5.69. The summed E-state index contributed by atoms with van der Waals surface area (Å²) in [5, 5.41) is 0. The molecule has 0 heterocycles. The summed E-state index contributed by atoms with van der Waals surface area (Å²) in [6, 6.07) is 0. The average Bonchev–Trinajstić information content (AvgIpc) is 2.74. The summed E-state index contributed by atoms with van der Waals surface area (Å²) in [5.41, 5.74) is 5.33. The van der Waals surface area contributed by atoms with Crippen molar-refractivity contribution < 1.29 is 19.1 Å². The smallest absolute Gasteiger partial charge is 0.305 e. The van der Waals surface area contributed by atoms with Crippen LogP contribution in [0, 0.1) is 0 Å². The van der Waals surface area contributed by atoms with Gasteiger partial charge in [0.25, 0.3) is 0 Å². The van der Waals surface area contributed by atoms with Crippen LogP contribution in [0.25, 0.3) is 0 Å². The number of unbranched alkanes of at least 4 members (excludes halogenated alkanes) is 5. The second-order valence-electron chi connectivity index (χ2n) is 7.31. The van der Waals surface area contributed by atoms with E-state index in [1.165, 1.54) is 25.7 Å². The summed E-state index contributed by atoms with van der Waals surface area (Å²) in [5.74, 6) is -0.427. The van der Waals surface area contributed by atoms with Gasteiger partial charge < -0.3 is 15.2 Å². The summed E-state index contributed by atoms with van der Waals surface area (Å²) in [6.07, 6.45) is 25.1. The van der Waals surface area contributed by atoms with Gasteiger partial charge in [-0.3, -0.25) is 9.59 Å². The van der Waals surface area contributed by atoms with E-state index < -0.39 is 0 Å². The van der Waals surface area contributed by atoms with E-state index >= 15 is 0 Å². The molecule has 0 aromatic carbocycles. The molecule has 0 aromatic rings. The lowest BCUT2D eigenvalue weighted by atomic mass is 10.1. The van der Waals surface area contributed by atoms with Gasteiger partial charge in [0.05, 0.1) is 13.2 Å². The molecule has 0 saturated heterocycles. The molecule has 0 aromatic heterocycles. The van der Waals surface area contributed by atoms with Crippen LogP contribution in [-0.4, -0.2) is 31.7 Å². The molecule has 0 bridgehead atoms. The second kappa shape index (κ2) is 23.4. The summed E-state index contributed by atoms with van der Waals surface area (Å²) in [7, 11) is 0. The Balaban J connectivity index is 3.43. The minimum atomic E-state index is -0.245. The molecule has 0 saturated carbocycles. The zero-order valence-corrected chi connectivity index (χ0v) is 19.0. The third-order valence-corrected chi connectivity index (χ3v) is 4.42. The molecular formula is C25H43NO4. The highest BCUT2D eigenvalue weighted by Crippen LogP contribution is 2.04. The van der Waals surface area contributed by atoms with E-state index in [1.807, 2.05) is 0 Å². The summed E-state index contributed by atoms with van der Waals surface area (Å²) in [4.78, 5) is 22.9. The molecular weight excluding hydrogens is 378 g/mol. The van der Waals surface area contributed by atoms with Crippen molar-refractivity contribution in [2.75, 3.05) is 19.8 Å². The molecule has 0 radical (unpaired) electrons. The third-order valence-electron chi connectivity index (χ3n) is 4.42. The summed E-state index contributed by atoms with van der Waals surface area (Å²) < 4.78 is 10.2. The van der Waals surface area contributed by atoms with Crippen LogP contribution < -0.4 is 5.73 Å². The third kappa shape index (κ3) is 22.4. The van der Waals surface area contributed by atoms with E-state index in [2.05, 4.69) is 43.4 Å². The second-order valence-corrected chi connectivity index (χ2v) is 7.31. The van der Waals surface area contributed by atoms with Crippen molar-refractivity contribution in [3.05, 3.63) is 36.5 Å². The van der Waals surface area contributed by atoms with Gasteiger partial charge in [-0.15, -0.1) is 0 Å². The van der Waals surface area contributed by atoms with Gasteiger partial charge in [0, 0.05) is 19.3 Å². The predicted octanol–water partition coefficient (Wildman–Crippen LogP) is 5.79. The number of hydrogen-bond donors (Lipinski definition) is 1. The number of carbonyl (C=O) groups excluding carboxylic acids is 2. The normalized spacial score (nSPS) is 11.7. The predicted molar refractivity (Wildman–Crippen MR) is 124 cm³/mol. The van der Waals surface area contributed by atoms with Gasteiger partial charge in [-0.1, -0.05) is 56.2 Å². The fourth-order valence-electron chi connectivity index (χ4n) is 2.64. The Kier molecular flexibility index (Phi) is 21.9. The van der Waals surface area contributed by atoms with E-state index in [4.69, 9.17) is 15.2 Å². The zero-order valence-electron chi connectivity index (χ0n) is 19.0. The number of hydrogen-bond acceptors (Lipinski definition) is 5. The molecule has 0 fully saturated rings. The SMILES string of the molecule is CCCCC/C=C\C/C=C\C/C=C\CCCCC(=O)OCCCOC(=O)CCCN. The maximum Gasteiger partial charge on any atom is 0.305 e. The first-order valence-corrected chi connectivity index (χ1v) is 11.7. The van der Waals surface area contributed by atoms with Crippen molar-refractivity contribution >= 4 is 11.9 Å². The molecule has 0 aliphatic rings. The number of carbonyl (C=O) groups is 2. The molecule has 0 aliphatic carbocycles.